The Bertz CT molecular complexity index is 1280. The molecule has 0 saturated heterocycles. The number of fused-ring (bicyclic) bond motifs is 3. The lowest BCUT2D eigenvalue weighted by Gasteiger charge is -2.29. The van der Waals surface area contributed by atoms with E-state index < -0.39 is 18.7 Å². The zero-order valence-electron chi connectivity index (χ0n) is 19.3. The van der Waals surface area contributed by atoms with Gasteiger partial charge in [0.25, 0.3) is 0 Å². The number of H-pyrrole nitrogens is 1. The number of phenolic OH excluding ortho intramolecular Hbond substituents is 1. The van der Waals surface area contributed by atoms with E-state index in [0.29, 0.717) is 23.0 Å². The minimum atomic E-state index is -0.731. The molecule has 0 aliphatic heterocycles. The molecule has 3 aromatic rings. The summed E-state index contributed by atoms with van der Waals surface area (Å²) in [5, 5.41) is 23.7. The third-order valence-electron chi connectivity index (χ3n) is 7.20. The Labute approximate surface area is 197 Å². The number of aliphatic hydroxyl groups excluding tert-OH is 1. The van der Waals surface area contributed by atoms with Crippen molar-refractivity contribution in [2.45, 2.75) is 57.1 Å². The van der Waals surface area contributed by atoms with E-state index in [4.69, 9.17) is 4.74 Å². The lowest BCUT2D eigenvalue weighted by Crippen LogP contribution is -2.45. The number of carbonyl (C=O) groups excluding carboxylic acids is 1. The highest BCUT2D eigenvalue weighted by Gasteiger charge is 2.34. The van der Waals surface area contributed by atoms with Crippen molar-refractivity contribution in [3.63, 3.8) is 0 Å². The molecule has 2 aromatic carbocycles. The van der Waals surface area contributed by atoms with Gasteiger partial charge in [0.05, 0.1) is 5.52 Å². The van der Waals surface area contributed by atoms with Crippen molar-refractivity contribution < 1.29 is 19.7 Å². The molecule has 0 radical (unpaired) electrons. The first-order valence-electron chi connectivity index (χ1n) is 11.9. The number of carbonyl (C=O) groups is 1. The van der Waals surface area contributed by atoms with Crippen molar-refractivity contribution in [3.8, 4) is 5.75 Å². The van der Waals surface area contributed by atoms with Crippen LogP contribution in [0.3, 0.4) is 0 Å². The molecule has 0 unspecified atom stereocenters. The van der Waals surface area contributed by atoms with Gasteiger partial charge in [0.15, 0.2) is 0 Å². The van der Waals surface area contributed by atoms with Crippen LogP contribution < -0.4 is 10.9 Å². The molecule has 7 heteroatoms. The number of pyridine rings is 1. The van der Waals surface area contributed by atoms with Crippen LogP contribution in [0, 0.1) is 0 Å². The Hall–Kier alpha value is -3.16. The Morgan fingerprint density at radius 2 is 1.76 bits per heavy atom. The summed E-state index contributed by atoms with van der Waals surface area (Å²) in [5.41, 5.74) is 6.13. The van der Waals surface area contributed by atoms with E-state index in [2.05, 4.69) is 29.4 Å². The highest BCUT2D eigenvalue weighted by atomic mass is 16.6. The van der Waals surface area contributed by atoms with Crippen LogP contribution in [0.5, 0.6) is 5.75 Å². The Morgan fingerprint density at radius 3 is 2.41 bits per heavy atom. The topological polar surface area (TPSA) is 112 Å². The fourth-order valence-electron chi connectivity index (χ4n) is 5.53. The second-order valence-electron chi connectivity index (χ2n) is 9.81. The van der Waals surface area contributed by atoms with E-state index in [1.165, 1.54) is 47.2 Å². The van der Waals surface area contributed by atoms with Gasteiger partial charge in [0, 0.05) is 29.1 Å². The van der Waals surface area contributed by atoms with Gasteiger partial charge in [-0.15, -0.1) is 0 Å². The first-order chi connectivity index (χ1) is 16.3. The predicted molar refractivity (Wildman–Crippen MR) is 129 cm³/mol. The predicted octanol–water partition coefficient (Wildman–Crippen LogP) is 2.84. The molecule has 1 heterocycles. The number of benzene rings is 2. The number of nitrogens with one attached hydrogen (secondary N) is 2. The van der Waals surface area contributed by atoms with Gasteiger partial charge in [-0.2, -0.15) is 0 Å². The second-order valence-corrected chi connectivity index (χ2v) is 9.81. The van der Waals surface area contributed by atoms with E-state index in [9.17, 15) is 19.8 Å². The fraction of sp³-hybridized carbons (Fsp3) is 0.407. The minimum absolute atomic E-state index is 0.0567. The third-order valence-corrected chi connectivity index (χ3v) is 7.20. The first-order valence-corrected chi connectivity index (χ1v) is 11.9. The summed E-state index contributed by atoms with van der Waals surface area (Å²) in [6, 6.07) is 10.9. The van der Waals surface area contributed by atoms with Crippen molar-refractivity contribution in [1.29, 1.82) is 0 Å². The maximum absolute atomic E-state index is 12.0. The molecular weight excluding hydrogens is 432 g/mol. The number of phenols is 1. The highest BCUT2D eigenvalue weighted by molar-refractivity contribution is 5.87. The average molecular weight is 463 g/mol. The summed E-state index contributed by atoms with van der Waals surface area (Å²) in [7, 11) is 0. The van der Waals surface area contributed by atoms with E-state index in [-0.39, 0.29) is 16.8 Å². The molecule has 2 aliphatic carbocycles. The number of aliphatic hydroxyl groups is 1. The van der Waals surface area contributed by atoms with Gasteiger partial charge in [-0.05, 0) is 79.8 Å². The van der Waals surface area contributed by atoms with Gasteiger partial charge in [0.1, 0.15) is 18.5 Å². The van der Waals surface area contributed by atoms with Gasteiger partial charge in [-0.1, -0.05) is 18.2 Å². The average Bonchev–Trinajstić information content (AvgIpc) is 3.15. The first kappa shape index (κ1) is 22.6. The summed E-state index contributed by atoms with van der Waals surface area (Å²) in [6.45, 7) is 1.79. The number of aryl methyl sites for hydroxylation is 2. The van der Waals surface area contributed by atoms with Crippen LogP contribution in [-0.4, -0.2) is 39.9 Å². The molecule has 0 fully saturated rings. The maximum atomic E-state index is 12.0. The van der Waals surface area contributed by atoms with Crippen molar-refractivity contribution >= 4 is 16.9 Å². The van der Waals surface area contributed by atoms with Gasteiger partial charge < -0.3 is 25.3 Å². The van der Waals surface area contributed by atoms with Gasteiger partial charge in [-0.3, -0.25) is 4.79 Å². The van der Waals surface area contributed by atoms with Crippen molar-refractivity contribution in [3.05, 3.63) is 74.6 Å². The quantitative estimate of drug-likeness (QED) is 0.419. The number of rotatable bonds is 6. The van der Waals surface area contributed by atoms with Crippen LogP contribution in [0.15, 0.2) is 41.2 Å². The molecule has 178 valence electrons. The molecule has 0 spiro atoms. The molecule has 2 aliphatic rings. The summed E-state index contributed by atoms with van der Waals surface area (Å²) in [6.07, 6.45) is 5.89. The number of aromatic nitrogens is 1. The van der Waals surface area contributed by atoms with Gasteiger partial charge in [0.2, 0.25) is 5.56 Å². The summed E-state index contributed by atoms with van der Waals surface area (Å²) < 4.78 is 5.60. The molecule has 0 amide bonds. The Morgan fingerprint density at radius 1 is 1.09 bits per heavy atom. The Kier molecular flexibility index (Phi) is 5.91. The standard InChI is InChI=1S/C27H30N2O5/c1-27(12-18-10-16-4-2-3-5-17(16)11-19(18)13-27)28-14-23(34-25(33)15-30)20-6-8-22(31)26-21(20)7-9-24(32)29-26/h6-11,23,28,30-31H,2-5,12-15H2,1H3,(H,29,32)/t23-/m0/s1. The zero-order chi connectivity index (χ0) is 23.9. The molecule has 4 N–H and O–H groups in total. The molecule has 34 heavy (non-hydrogen) atoms. The van der Waals surface area contributed by atoms with Crippen LogP contribution in [0.4, 0.5) is 0 Å². The third kappa shape index (κ3) is 4.33. The lowest BCUT2D eigenvalue weighted by molar-refractivity contribution is -0.152. The minimum Gasteiger partial charge on any atom is -0.506 e. The van der Waals surface area contributed by atoms with Crippen molar-refractivity contribution in [2.75, 3.05) is 13.2 Å². The number of aromatic hydroxyl groups is 1. The van der Waals surface area contributed by atoms with Crippen LogP contribution in [0.1, 0.15) is 53.7 Å². The smallest absolute Gasteiger partial charge is 0.332 e. The maximum Gasteiger partial charge on any atom is 0.332 e. The Balaban J connectivity index is 1.41. The molecular formula is C27H30N2O5. The highest BCUT2D eigenvalue weighted by Crippen LogP contribution is 2.36. The summed E-state index contributed by atoms with van der Waals surface area (Å²) in [5.74, 6) is -0.788. The lowest BCUT2D eigenvalue weighted by atomic mass is 9.89. The molecule has 5 rings (SSSR count). The monoisotopic (exact) mass is 462 g/mol. The van der Waals surface area contributed by atoms with E-state index in [1.807, 2.05) is 0 Å². The fourth-order valence-corrected chi connectivity index (χ4v) is 5.53. The number of aromatic amines is 1. The van der Waals surface area contributed by atoms with Crippen molar-refractivity contribution in [2.24, 2.45) is 0 Å². The van der Waals surface area contributed by atoms with Crippen molar-refractivity contribution in [1.82, 2.24) is 10.3 Å². The molecule has 7 nitrogen and oxygen atoms in total. The van der Waals surface area contributed by atoms with Gasteiger partial charge >= 0.3 is 5.97 Å². The van der Waals surface area contributed by atoms with Crippen LogP contribution >= 0.6 is 0 Å². The van der Waals surface area contributed by atoms with Crippen LogP contribution in [-0.2, 0) is 35.2 Å². The zero-order valence-corrected chi connectivity index (χ0v) is 19.3. The summed E-state index contributed by atoms with van der Waals surface area (Å²) in [4.78, 5) is 26.5. The molecule has 0 bridgehead atoms. The van der Waals surface area contributed by atoms with Crippen LogP contribution in [0.2, 0.25) is 0 Å². The number of ether oxygens (including phenoxy) is 1. The number of hydrogen-bond donors (Lipinski definition) is 4. The summed E-state index contributed by atoms with van der Waals surface area (Å²) >= 11 is 0. The normalized spacial score (nSPS) is 17.2. The van der Waals surface area contributed by atoms with E-state index >= 15 is 0 Å². The molecule has 1 aromatic heterocycles. The van der Waals surface area contributed by atoms with E-state index in [1.54, 1.807) is 12.1 Å². The van der Waals surface area contributed by atoms with E-state index in [0.717, 1.165) is 25.7 Å². The second kappa shape index (κ2) is 8.89. The number of esters is 1. The molecule has 1 atom stereocenters. The molecule has 0 saturated carbocycles. The van der Waals surface area contributed by atoms with Crippen LogP contribution in [0.25, 0.3) is 10.9 Å². The van der Waals surface area contributed by atoms with Gasteiger partial charge in [-0.25, -0.2) is 4.79 Å². The SMILES string of the molecule is CC1(NC[C@H](OC(=O)CO)c2ccc(O)c3[nH]c(=O)ccc23)Cc2cc3c(cc2C1)CCCC3. The number of hydrogen-bond acceptors (Lipinski definition) is 6. The largest absolute Gasteiger partial charge is 0.506 e.